The van der Waals surface area contributed by atoms with Gasteiger partial charge in [0, 0.05) is 19.5 Å². The maximum atomic E-state index is 11.8. The zero-order valence-corrected chi connectivity index (χ0v) is 13.7. The number of cyclic esters (lactones) is 1. The van der Waals surface area contributed by atoms with Gasteiger partial charge in [-0.15, -0.1) is 0 Å². The first-order chi connectivity index (χ1) is 10.5. The van der Waals surface area contributed by atoms with Crippen molar-refractivity contribution < 1.29 is 14.3 Å². The molecule has 1 aromatic carbocycles. The normalized spacial score (nSPS) is 27.0. The third kappa shape index (κ3) is 3.27. The molecule has 0 bridgehead atoms. The Balaban J connectivity index is 1.53. The Morgan fingerprint density at radius 2 is 1.91 bits per heavy atom. The van der Waals surface area contributed by atoms with E-state index in [0.29, 0.717) is 0 Å². The summed E-state index contributed by atoms with van der Waals surface area (Å²) in [7, 11) is 0. The predicted octanol–water partition coefficient (Wildman–Crippen LogP) is 2.85. The van der Waals surface area contributed by atoms with Crippen LogP contribution in [0.3, 0.4) is 0 Å². The molecule has 2 aliphatic heterocycles. The first-order valence-electron chi connectivity index (χ1n) is 8.21. The van der Waals surface area contributed by atoms with E-state index in [2.05, 4.69) is 30.9 Å². The number of piperidine rings is 1. The Bertz CT molecular complexity index is 549. The Hall–Kier alpha value is -1.55. The van der Waals surface area contributed by atoms with E-state index in [0.717, 1.165) is 38.1 Å². The molecular weight excluding hydrogens is 278 g/mol. The zero-order chi connectivity index (χ0) is 15.7. The van der Waals surface area contributed by atoms with Gasteiger partial charge in [-0.1, -0.05) is 6.07 Å². The minimum Gasteiger partial charge on any atom is -0.490 e. The van der Waals surface area contributed by atoms with E-state index in [4.69, 9.17) is 9.47 Å². The van der Waals surface area contributed by atoms with E-state index in [-0.39, 0.29) is 24.2 Å². The fraction of sp³-hybridized carbons (Fsp3) is 0.611. The second-order valence-electron chi connectivity index (χ2n) is 6.60. The van der Waals surface area contributed by atoms with E-state index < -0.39 is 0 Å². The van der Waals surface area contributed by atoms with Crippen LogP contribution in [0.4, 0.5) is 0 Å². The summed E-state index contributed by atoms with van der Waals surface area (Å²) in [5.74, 6) is 0.900. The van der Waals surface area contributed by atoms with Gasteiger partial charge >= 0.3 is 5.97 Å². The summed E-state index contributed by atoms with van der Waals surface area (Å²) in [6.45, 7) is 7.99. The molecule has 0 aliphatic carbocycles. The molecule has 2 heterocycles. The Morgan fingerprint density at radius 3 is 2.50 bits per heavy atom. The monoisotopic (exact) mass is 303 g/mol. The van der Waals surface area contributed by atoms with Gasteiger partial charge in [-0.05, 0) is 56.9 Å². The molecule has 2 unspecified atom stereocenters. The number of ether oxygens (including phenoxy) is 2. The fourth-order valence-corrected chi connectivity index (χ4v) is 3.32. The molecule has 0 N–H and O–H groups in total. The summed E-state index contributed by atoms with van der Waals surface area (Å²) in [6, 6.07) is 6.22. The van der Waals surface area contributed by atoms with E-state index >= 15 is 0 Å². The van der Waals surface area contributed by atoms with Crippen molar-refractivity contribution in [2.75, 3.05) is 13.1 Å². The van der Waals surface area contributed by atoms with E-state index in [9.17, 15) is 4.79 Å². The first-order valence-corrected chi connectivity index (χ1v) is 8.21. The lowest BCUT2D eigenvalue weighted by Gasteiger charge is -2.34. The second-order valence-corrected chi connectivity index (χ2v) is 6.60. The van der Waals surface area contributed by atoms with Gasteiger partial charge in [-0.25, -0.2) is 0 Å². The van der Waals surface area contributed by atoms with E-state index in [1.807, 2.05) is 13.0 Å². The maximum Gasteiger partial charge on any atom is 0.323 e. The van der Waals surface area contributed by atoms with Crippen LogP contribution in [0.25, 0.3) is 0 Å². The Labute approximate surface area is 132 Å². The highest BCUT2D eigenvalue weighted by atomic mass is 16.6. The summed E-state index contributed by atoms with van der Waals surface area (Å²) in [6.07, 6.45) is 3.05. The van der Waals surface area contributed by atoms with Crippen LogP contribution in [0, 0.1) is 13.8 Å². The minimum absolute atomic E-state index is 0.0439. The molecule has 0 amide bonds. The van der Waals surface area contributed by atoms with Gasteiger partial charge < -0.3 is 9.47 Å². The van der Waals surface area contributed by atoms with Crippen LogP contribution in [0.1, 0.15) is 37.3 Å². The average molecular weight is 303 g/mol. The number of likely N-dealkylation sites (tertiary alicyclic amines) is 1. The van der Waals surface area contributed by atoms with Gasteiger partial charge in [-0.2, -0.15) is 0 Å². The van der Waals surface area contributed by atoms with Gasteiger partial charge in [0.1, 0.15) is 24.0 Å². The Morgan fingerprint density at radius 1 is 1.18 bits per heavy atom. The highest BCUT2D eigenvalue weighted by molar-refractivity contribution is 5.78. The van der Waals surface area contributed by atoms with Crippen LogP contribution < -0.4 is 4.74 Å². The molecule has 2 saturated heterocycles. The smallest absolute Gasteiger partial charge is 0.323 e. The number of hydrogen-bond donors (Lipinski definition) is 0. The fourth-order valence-electron chi connectivity index (χ4n) is 3.32. The molecule has 0 spiro atoms. The number of rotatable bonds is 3. The molecule has 2 atom stereocenters. The van der Waals surface area contributed by atoms with Gasteiger partial charge in [0.2, 0.25) is 0 Å². The molecule has 2 fully saturated rings. The number of carbonyl (C=O) groups excluding carboxylic acids is 1. The maximum absolute atomic E-state index is 11.8. The SMILES string of the molecule is Cc1ccc(OC2CCN(C3CC(C)OC3=O)CC2)cc1C. The summed E-state index contributed by atoms with van der Waals surface area (Å²) in [5, 5.41) is 0. The van der Waals surface area contributed by atoms with Crippen LogP contribution >= 0.6 is 0 Å². The van der Waals surface area contributed by atoms with Crippen LogP contribution in [0.15, 0.2) is 18.2 Å². The van der Waals surface area contributed by atoms with Crippen molar-refractivity contribution in [3.8, 4) is 5.75 Å². The van der Waals surface area contributed by atoms with Crippen molar-refractivity contribution in [1.82, 2.24) is 4.90 Å². The van der Waals surface area contributed by atoms with Gasteiger partial charge in [0.25, 0.3) is 0 Å². The van der Waals surface area contributed by atoms with Crippen LogP contribution in [0.5, 0.6) is 5.75 Å². The van der Waals surface area contributed by atoms with Crippen molar-refractivity contribution in [1.29, 1.82) is 0 Å². The van der Waals surface area contributed by atoms with Crippen molar-refractivity contribution in [3.63, 3.8) is 0 Å². The van der Waals surface area contributed by atoms with E-state index in [1.165, 1.54) is 11.1 Å². The quantitative estimate of drug-likeness (QED) is 0.805. The van der Waals surface area contributed by atoms with Crippen LogP contribution in [0.2, 0.25) is 0 Å². The summed E-state index contributed by atoms with van der Waals surface area (Å²) < 4.78 is 11.4. The molecular formula is C18H25NO3. The van der Waals surface area contributed by atoms with Crippen LogP contribution in [-0.2, 0) is 9.53 Å². The zero-order valence-electron chi connectivity index (χ0n) is 13.7. The number of aryl methyl sites for hydroxylation is 2. The summed E-state index contributed by atoms with van der Waals surface area (Å²) in [5.41, 5.74) is 2.55. The third-order valence-electron chi connectivity index (χ3n) is 4.84. The standard InChI is InChI=1S/C18H25NO3/c1-12-4-5-16(10-13(12)2)22-15-6-8-19(9-7-15)17-11-14(3)21-18(17)20/h4-5,10,14-15,17H,6-9,11H2,1-3H3. The van der Waals surface area contributed by atoms with Gasteiger partial charge in [-0.3, -0.25) is 9.69 Å². The second kappa shape index (κ2) is 6.29. The van der Waals surface area contributed by atoms with Gasteiger partial charge in [0.05, 0.1) is 0 Å². The molecule has 2 aliphatic rings. The van der Waals surface area contributed by atoms with Crippen molar-refractivity contribution in [2.45, 2.75) is 58.3 Å². The number of nitrogens with zero attached hydrogens (tertiary/aromatic N) is 1. The lowest BCUT2D eigenvalue weighted by atomic mass is 10.0. The average Bonchev–Trinajstić information content (AvgIpc) is 2.83. The first kappa shape index (κ1) is 15.3. The molecule has 4 heteroatoms. The lowest BCUT2D eigenvalue weighted by molar-refractivity contribution is -0.145. The topological polar surface area (TPSA) is 38.8 Å². The van der Waals surface area contributed by atoms with Gasteiger partial charge in [0.15, 0.2) is 0 Å². The highest BCUT2D eigenvalue weighted by Gasteiger charge is 2.38. The molecule has 0 radical (unpaired) electrons. The molecule has 120 valence electrons. The molecule has 4 nitrogen and oxygen atoms in total. The number of carbonyl (C=O) groups is 1. The predicted molar refractivity (Wildman–Crippen MR) is 85.1 cm³/mol. The molecule has 22 heavy (non-hydrogen) atoms. The third-order valence-corrected chi connectivity index (χ3v) is 4.84. The van der Waals surface area contributed by atoms with Crippen molar-refractivity contribution in [2.24, 2.45) is 0 Å². The highest BCUT2D eigenvalue weighted by Crippen LogP contribution is 2.26. The number of benzene rings is 1. The van der Waals surface area contributed by atoms with Crippen LogP contribution in [-0.4, -0.2) is 42.2 Å². The van der Waals surface area contributed by atoms with Crippen molar-refractivity contribution in [3.05, 3.63) is 29.3 Å². The lowest BCUT2D eigenvalue weighted by Crippen LogP contribution is -2.46. The molecule has 0 saturated carbocycles. The number of esters is 1. The summed E-state index contributed by atoms with van der Waals surface area (Å²) in [4.78, 5) is 14.1. The summed E-state index contributed by atoms with van der Waals surface area (Å²) >= 11 is 0. The molecule has 3 rings (SSSR count). The van der Waals surface area contributed by atoms with E-state index in [1.54, 1.807) is 0 Å². The largest absolute Gasteiger partial charge is 0.490 e. The van der Waals surface area contributed by atoms with Crippen molar-refractivity contribution >= 4 is 5.97 Å². The minimum atomic E-state index is -0.0546. The molecule has 0 aromatic heterocycles. The Kier molecular flexibility index (Phi) is 4.39. The molecule has 1 aromatic rings. The number of hydrogen-bond acceptors (Lipinski definition) is 4.